The summed E-state index contributed by atoms with van der Waals surface area (Å²) in [6.45, 7) is 1.32. The lowest BCUT2D eigenvalue weighted by Gasteiger charge is -2.30. The first kappa shape index (κ1) is 30.0. The van der Waals surface area contributed by atoms with Gasteiger partial charge in [0.25, 0.3) is 17.2 Å². The molecule has 0 radical (unpaired) electrons. The molecule has 216 valence electrons. The monoisotopic (exact) mass is 587 g/mol. The Morgan fingerprint density at radius 3 is 2.12 bits per heavy atom. The van der Waals surface area contributed by atoms with Crippen LogP contribution in [0.3, 0.4) is 0 Å². The minimum absolute atomic E-state index is 0.192. The molecular weight excluding hydrogens is 558 g/mol. The van der Waals surface area contributed by atoms with Gasteiger partial charge in [-0.05, 0) is 53.1 Å². The summed E-state index contributed by atoms with van der Waals surface area (Å²) in [5.41, 5.74) is 5.33. The van der Waals surface area contributed by atoms with E-state index in [2.05, 4.69) is 5.43 Å². The number of rotatable bonds is 10. The maximum Gasteiger partial charge on any atom is 0.305 e. The van der Waals surface area contributed by atoms with Crippen molar-refractivity contribution in [3.05, 3.63) is 114 Å². The Labute approximate surface area is 245 Å². The number of hydrogen-bond acceptors (Lipinski definition) is 5. The lowest BCUT2D eigenvalue weighted by molar-refractivity contribution is -0.137. The van der Waals surface area contributed by atoms with Crippen LogP contribution in [0.25, 0.3) is 11.1 Å². The molecule has 0 fully saturated rings. The second-order valence-corrected chi connectivity index (χ2v) is 10.0. The van der Waals surface area contributed by atoms with E-state index in [4.69, 9.17) is 4.74 Å². The Balaban J connectivity index is 1.76. The smallest absolute Gasteiger partial charge is 0.305 e. The van der Waals surface area contributed by atoms with Gasteiger partial charge in [0.2, 0.25) is 5.91 Å². The van der Waals surface area contributed by atoms with E-state index >= 15 is 0 Å². The van der Waals surface area contributed by atoms with Gasteiger partial charge in [0.05, 0.1) is 30.9 Å². The SMILES string of the molecule is COc1ccc(-c2cccc(N(NC(=O)c3ccccc3)C(C)=O)c2)cc1N(C(CC(=O)O)c1ccccc1)S(=O)O. The van der Waals surface area contributed by atoms with Gasteiger partial charge >= 0.3 is 5.97 Å². The van der Waals surface area contributed by atoms with Crippen molar-refractivity contribution in [1.29, 1.82) is 0 Å². The molecule has 0 aromatic heterocycles. The van der Waals surface area contributed by atoms with Gasteiger partial charge in [0.15, 0.2) is 0 Å². The van der Waals surface area contributed by atoms with Crippen molar-refractivity contribution in [3.8, 4) is 16.9 Å². The molecule has 0 aliphatic heterocycles. The molecule has 0 bridgehead atoms. The maximum atomic E-state index is 12.8. The average Bonchev–Trinajstić information content (AvgIpc) is 2.99. The standard InChI is InChI=1S/C31H29N3O7S/c1-21(35)33(32-31(38)23-12-7-4-8-13-23)26-15-9-14-24(18-26)25-16-17-29(41-2)28(19-25)34(42(39)40)27(20-30(36)37)22-10-5-3-6-11-22/h3-19,27H,20H2,1-2H3,(H,32,38)(H,36,37)(H,39,40). The number of hydrazine groups is 1. The lowest BCUT2D eigenvalue weighted by Crippen LogP contribution is -2.45. The summed E-state index contributed by atoms with van der Waals surface area (Å²) in [4.78, 5) is 37.1. The quantitative estimate of drug-likeness (QED) is 0.171. The topological polar surface area (TPSA) is 136 Å². The number of carbonyl (C=O) groups excluding carboxylic acids is 2. The summed E-state index contributed by atoms with van der Waals surface area (Å²) in [5.74, 6) is -1.78. The highest BCUT2D eigenvalue weighted by molar-refractivity contribution is 7.80. The molecule has 0 spiro atoms. The van der Waals surface area contributed by atoms with Crippen LogP contribution in [0.15, 0.2) is 103 Å². The fourth-order valence-corrected chi connectivity index (χ4v) is 5.21. The Kier molecular flexibility index (Phi) is 9.69. The third kappa shape index (κ3) is 7.00. The molecule has 2 atom stereocenters. The van der Waals surface area contributed by atoms with Gasteiger partial charge in [0.1, 0.15) is 5.75 Å². The van der Waals surface area contributed by atoms with Crippen molar-refractivity contribution < 1.29 is 33.0 Å². The first-order valence-corrected chi connectivity index (χ1v) is 13.9. The van der Waals surface area contributed by atoms with Gasteiger partial charge in [-0.15, -0.1) is 0 Å². The van der Waals surface area contributed by atoms with E-state index in [1.54, 1.807) is 103 Å². The second kappa shape index (κ2) is 13.6. The van der Waals surface area contributed by atoms with Crippen LogP contribution in [-0.4, -0.2) is 38.8 Å². The number of anilines is 2. The van der Waals surface area contributed by atoms with Gasteiger partial charge in [0, 0.05) is 12.5 Å². The highest BCUT2D eigenvalue weighted by atomic mass is 32.2. The zero-order valence-electron chi connectivity index (χ0n) is 22.8. The van der Waals surface area contributed by atoms with Crippen molar-refractivity contribution in [2.75, 3.05) is 16.4 Å². The van der Waals surface area contributed by atoms with Gasteiger partial charge < -0.3 is 9.84 Å². The molecule has 11 heteroatoms. The van der Waals surface area contributed by atoms with E-state index in [1.807, 2.05) is 0 Å². The number of carboxylic acid groups (broad SMARTS) is 1. The minimum atomic E-state index is -2.63. The third-order valence-corrected chi connectivity index (χ3v) is 7.21. The first-order chi connectivity index (χ1) is 20.2. The van der Waals surface area contributed by atoms with Crippen molar-refractivity contribution in [1.82, 2.24) is 5.43 Å². The third-order valence-electron chi connectivity index (χ3n) is 6.42. The van der Waals surface area contributed by atoms with Crippen LogP contribution in [0.2, 0.25) is 0 Å². The van der Waals surface area contributed by atoms with Crippen molar-refractivity contribution in [3.63, 3.8) is 0 Å². The fraction of sp³-hybridized carbons (Fsp3) is 0.129. The van der Waals surface area contributed by atoms with E-state index in [0.717, 1.165) is 9.31 Å². The molecule has 0 heterocycles. The van der Waals surface area contributed by atoms with E-state index in [1.165, 1.54) is 14.0 Å². The molecule has 4 aromatic carbocycles. The molecule has 42 heavy (non-hydrogen) atoms. The van der Waals surface area contributed by atoms with Crippen molar-refractivity contribution >= 4 is 40.4 Å². The Bertz CT molecular complexity index is 1600. The van der Waals surface area contributed by atoms with E-state index in [0.29, 0.717) is 27.9 Å². The predicted octanol–water partition coefficient (Wildman–Crippen LogP) is 5.22. The predicted molar refractivity (Wildman–Crippen MR) is 160 cm³/mol. The molecule has 2 unspecified atom stereocenters. The Hall–Kier alpha value is -5.00. The molecule has 4 rings (SSSR count). The molecule has 2 amide bonds. The average molecular weight is 588 g/mol. The fourth-order valence-electron chi connectivity index (χ4n) is 4.48. The van der Waals surface area contributed by atoms with Crippen LogP contribution in [0.1, 0.15) is 35.3 Å². The van der Waals surface area contributed by atoms with E-state index in [-0.39, 0.29) is 11.4 Å². The number of carbonyl (C=O) groups is 3. The number of ether oxygens (including phenoxy) is 1. The van der Waals surface area contributed by atoms with E-state index < -0.39 is 41.5 Å². The first-order valence-electron chi connectivity index (χ1n) is 12.8. The van der Waals surface area contributed by atoms with Crippen LogP contribution in [0.5, 0.6) is 5.75 Å². The molecule has 0 aliphatic carbocycles. The second-order valence-electron chi connectivity index (χ2n) is 9.18. The number of nitrogens with one attached hydrogen (secondary N) is 1. The summed E-state index contributed by atoms with van der Waals surface area (Å²) in [5, 5.41) is 10.8. The highest BCUT2D eigenvalue weighted by Gasteiger charge is 2.30. The van der Waals surface area contributed by atoms with Crippen LogP contribution in [0, 0.1) is 0 Å². The van der Waals surface area contributed by atoms with Crippen LogP contribution in [0.4, 0.5) is 11.4 Å². The number of nitrogens with zero attached hydrogens (tertiary/aromatic N) is 2. The normalized spacial score (nSPS) is 12.1. The molecule has 4 aromatic rings. The number of carboxylic acids is 1. The van der Waals surface area contributed by atoms with Gasteiger partial charge in [-0.2, -0.15) is 0 Å². The Morgan fingerprint density at radius 2 is 1.52 bits per heavy atom. The number of methoxy groups -OCH3 is 1. The van der Waals surface area contributed by atoms with Gasteiger partial charge in [-0.3, -0.25) is 28.7 Å². The largest absolute Gasteiger partial charge is 0.495 e. The van der Waals surface area contributed by atoms with Crippen molar-refractivity contribution in [2.45, 2.75) is 19.4 Å². The summed E-state index contributed by atoms with van der Waals surface area (Å²) in [7, 11) is 1.41. The van der Waals surface area contributed by atoms with Crippen molar-refractivity contribution in [2.24, 2.45) is 0 Å². The number of aliphatic carboxylic acids is 1. The summed E-state index contributed by atoms with van der Waals surface area (Å²) in [6.07, 6.45) is -0.451. The number of hydrogen-bond donors (Lipinski definition) is 3. The highest BCUT2D eigenvalue weighted by Crippen LogP contribution is 2.40. The molecule has 10 nitrogen and oxygen atoms in total. The maximum absolute atomic E-state index is 12.8. The van der Waals surface area contributed by atoms with Crippen LogP contribution in [-0.2, 0) is 20.9 Å². The molecular formula is C31H29N3O7S. The summed E-state index contributed by atoms with van der Waals surface area (Å²) < 4.78 is 29.8. The minimum Gasteiger partial charge on any atom is -0.495 e. The number of benzene rings is 4. The zero-order chi connectivity index (χ0) is 30.2. The zero-order valence-corrected chi connectivity index (χ0v) is 23.7. The molecule has 0 aliphatic rings. The van der Waals surface area contributed by atoms with E-state index in [9.17, 15) is 28.3 Å². The molecule has 0 saturated carbocycles. The summed E-state index contributed by atoms with van der Waals surface area (Å²) in [6, 6.07) is 27.9. The van der Waals surface area contributed by atoms with Crippen LogP contribution >= 0.6 is 0 Å². The molecule has 0 saturated heterocycles. The molecule has 3 N–H and O–H groups in total. The van der Waals surface area contributed by atoms with Gasteiger partial charge in [-0.1, -0.05) is 66.7 Å². The van der Waals surface area contributed by atoms with Crippen LogP contribution < -0.4 is 19.5 Å². The Morgan fingerprint density at radius 1 is 0.881 bits per heavy atom. The van der Waals surface area contributed by atoms with Gasteiger partial charge in [-0.25, -0.2) is 9.22 Å². The summed E-state index contributed by atoms with van der Waals surface area (Å²) >= 11 is -2.63. The lowest BCUT2D eigenvalue weighted by atomic mass is 10.0. The number of amides is 2.